The van der Waals surface area contributed by atoms with Gasteiger partial charge in [-0.15, -0.1) is 0 Å². The van der Waals surface area contributed by atoms with Gasteiger partial charge in [0.05, 0.1) is 32.1 Å². The summed E-state index contributed by atoms with van der Waals surface area (Å²) in [6.45, 7) is 24.5. The number of hydrogen-bond donors (Lipinski definition) is 3. The van der Waals surface area contributed by atoms with Gasteiger partial charge in [-0.25, -0.2) is 0 Å². The highest BCUT2D eigenvalue weighted by molar-refractivity contribution is 5.94. The molecule has 74 heavy (non-hydrogen) atoms. The predicted octanol–water partition coefficient (Wildman–Crippen LogP) is 6.24. The lowest BCUT2D eigenvalue weighted by Gasteiger charge is -2.35. The van der Waals surface area contributed by atoms with Crippen molar-refractivity contribution in [3.63, 3.8) is 0 Å². The van der Waals surface area contributed by atoms with E-state index in [0.29, 0.717) is 52.0 Å². The fourth-order valence-electron chi connectivity index (χ4n) is 8.78. The van der Waals surface area contributed by atoms with Crippen molar-refractivity contribution in [1.29, 1.82) is 0 Å². The molecule has 0 aromatic heterocycles. The van der Waals surface area contributed by atoms with E-state index in [1.165, 1.54) is 0 Å². The number of carbonyl (C=O) groups is 8. The highest BCUT2D eigenvalue weighted by atomic mass is 16.5. The summed E-state index contributed by atoms with van der Waals surface area (Å²) in [5, 5.41) is 9.21. The van der Waals surface area contributed by atoms with Gasteiger partial charge in [0.15, 0.2) is 0 Å². The summed E-state index contributed by atoms with van der Waals surface area (Å²) >= 11 is 0. The van der Waals surface area contributed by atoms with Gasteiger partial charge >= 0.3 is 11.9 Å². The molecule has 0 spiro atoms. The van der Waals surface area contributed by atoms with E-state index in [1.807, 2.05) is 63.1 Å². The van der Waals surface area contributed by atoms with Crippen molar-refractivity contribution in [3.8, 4) is 0 Å². The van der Waals surface area contributed by atoms with E-state index in [4.69, 9.17) is 9.47 Å². The Kier molecular flexibility index (Phi) is 35.4. The quantitative estimate of drug-likeness (QED) is 0.0456. The largest absolute Gasteiger partial charge is 0.466 e. The Balaban J connectivity index is 6.95. The zero-order valence-electron chi connectivity index (χ0n) is 49.6. The second kappa shape index (κ2) is 37.2. The summed E-state index contributed by atoms with van der Waals surface area (Å²) in [6, 6.07) is 0. The summed E-state index contributed by atoms with van der Waals surface area (Å²) in [5.41, 5.74) is -3.56. The molecule has 3 N–H and O–H groups in total. The molecule has 0 radical (unpaired) electrons. The van der Waals surface area contributed by atoms with E-state index >= 15 is 4.79 Å². The second-order valence-corrected chi connectivity index (χ2v) is 23.4. The second-order valence-electron chi connectivity index (χ2n) is 23.4. The first-order valence-electron chi connectivity index (χ1n) is 27.9. The van der Waals surface area contributed by atoms with E-state index in [-0.39, 0.29) is 93.7 Å². The van der Waals surface area contributed by atoms with Crippen LogP contribution in [0.1, 0.15) is 159 Å². The molecule has 0 aromatic rings. The number of esters is 2. The number of carbonyl (C=O) groups excluding carboxylic acids is 8. The van der Waals surface area contributed by atoms with Crippen LogP contribution >= 0.6 is 0 Å². The smallest absolute Gasteiger partial charge is 0.309 e. The van der Waals surface area contributed by atoms with Crippen LogP contribution in [0.3, 0.4) is 0 Å². The summed E-state index contributed by atoms with van der Waals surface area (Å²) in [7, 11) is 11.9. The standard InChI is InChI=1S/C57H107N7O10/c1-17-21-24-58-42-47(65)44(37-50(68)59-25-27-63(15)31-29-61(11)12)39-55(5,6)49(67)36-46(53(71)60-26-28-64(16)32-30-62(13)14)41-57(9,10)52(70)45(38-51(69)73-33-22-18-2)40-56(7,8)48(66)35-43(20-4)54(72)74-34-23-19-3/h43-46,58H,17-42H2,1-16H3,(H,59,68)(H,60,71). The topological polar surface area (TPSA) is 204 Å². The van der Waals surface area contributed by atoms with E-state index in [9.17, 15) is 33.6 Å². The normalized spacial score (nSPS) is 13.9. The van der Waals surface area contributed by atoms with Crippen LogP contribution in [0.15, 0.2) is 0 Å². The first kappa shape index (κ1) is 70.4. The van der Waals surface area contributed by atoms with Gasteiger partial charge in [-0.05, 0) is 93.8 Å². The van der Waals surface area contributed by atoms with Crippen LogP contribution < -0.4 is 16.0 Å². The minimum atomic E-state index is -1.28. The lowest BCUT2D eigenvalue weighted by atomic mass is 9.67. The number of ether oxygens (including phenoxy) is 2. The number of amides is 2. The Bertz CT molecular complexity index is 1700. The molecule has 0 rings (SSSR count). The molecule has 0 aromatic carbocycles. The van der Waals surface area contributed by atoms with E-state index in [1.54, 1.807) is 41.5 Å². The van der Waals surface area contributed by atoms with Crippen LogP contribution in [0.4, 0.5) is 0 Å². The SMILES string of the molecule is CCCCNCC(=O)C(CC(=O)NCCN(C)CCN(C)C)CC(C)(C)C(=O)CC(CC(C)(C)C(=O)C(CC(=O)OCCCC)CC(C)(C)C(=O)CC(CC)C(=O)OCCCC)C(=O)NCCN(C)CCN(C)C. The average molecular weight is 1050 g/mol. The molecule has 2 amide bonds. The highest BCUT2D eigenvalue weighted by Gasteiger charge is 2.44. The monoisotopic (exact) mass is 1050 g/mol. The van der Waals surface area contributed by atoms with E-state index in [0.717, 1.165) is 51.9 Å². The Morgan fingerprint density at radius 2 is 0.959 bits per heavy atom. The number of nitrogens with one attached hydrogen (secondary N) is 3. The van der Waals surface area contributed by atoms with Gasteiger partial charge in [-0.2, -0.15) is 0 Å². The number of unbranched alkanes of at least 4 members (excludes halogenated alkanes) is 3. The number of likely N-dealkylation sites (N-methyl/N-ethyl adjacent to an activating group) is 4. The molecule has 0 saturated carbocycles. The average Bonchev–Trinajstić information content (AvgIpc) is 3.31. The van der Waals surface area contributed by atoms with Gasteiger partial charge in [0.2, 0.25) is 11.8 Å². The van der Waals surface area contributed by atoms with Crippen LogP contribution in [-0.2, 0) is 47.8 Å². The predicted molar refractivity (Wildman–Crippen MR) is 296 cm³/mol. The van der Waals surface area contributed by atoms with Crippen molar-refractivity contribution >= 4 is 46.9 Å². The first-order chi connectivity index (χ1) is 34.6. The fourth-order valence-corrected chi connectivity index (χ4v) is 8.78. The minimum absolute atomic E-state index is 0.0101. The molecule has 0 aliphatic rings. The summed E-state index contributed by atoms with van der Waals surface area (Å²) in [6.07, 6.45) is 4.56. The number of rotatable bonds is 45. The van der Waals surface area contributed by atoms with Crippen LogP contribution in [0.25, 0.3) is 0 Å². The van der Waals surface area contributed by atoms with Crippen LogP contribution in [0.2, 0.25) is 0 Å². The van der Waals surface area contributed by atoms with Gasteiger partial charge in [0.1, 0.15) is 23.1 Å². The molecule has 0 fully saturated rings. The van der Waals surface area contributed by atoms with Crippen molar-refractivity contribution in [2.24, 2.45) is 39.9 Å². The van der Waals surface area contributed by atoms with Gasteiger partial charge < -0.3 is 45.0 Å². The summed E-state index contributed by atoms with van der Waals surface area (Å²) in [4.78, 5) is 120. The van der Waals surface area contributed by atoms with Crippen LogP contribution in [-0.4, -0.2) is 187 Å². The minimum Gasteiger partial charge on any atom is -0.466 e. The van der Waals surface area contributed by atoms with Crippen molar-refractivity contribution < 1.29 is 47.8 Å². The van der Waals surface area contributed by atoms with Gasteiger partial charge in [0, 0.05) is 106 Å². The van der Waals surface area contributed by atoms with Crippen LogP contribution in [0, 0.1) is 39.9 Å². The number of hydrogen-bond acceptors (Lipinski definition) is 15. The third-order valence-electron chi connectivity index (χ3n) is 14.2. The lowest BCUT2D eigenvalue weighted by molar-refractivity contribution is -0.152. The molecule has 0 aliphatic carbocycles. The first-order valence-corrected chi connectivity index (χ1v) is 27.9. The Hall–Kier alpha value is -3.64. The maximum atomic E-state index is 15.1. The Morgan fingerprint density at radius 1 is 0.486 bits per heavy atom. The molecule has 17 heteroatoms. The molecule has 0 bridgehead atoms. The molecule has 4 atom stereocenters. The van der Waals surface area contributed by atoms with Crippen LogP contribution in [0.5, 0.6) is 0 Å². The number of ketones is 4. The Morgan fingerprint density at radius 3 is 1.46 bits per heavy atom. The zero-order valence-corrected chi connectivity index (χ0v) is 49.6. The molecular formula is C57H107N7O10. The lowest BCUT2D eigenvalue weighted by Crippen LogP contribution is -2.44. The van der Waals surface area contributed by atoms with Gasteiger partial charge in [-0.1, -0.05) is 88.5 Å². The van der Waals surface area contributed by atoms with Gasteiger partial charge in [0.25, 0.3) is 0 Å². The zero-order chi connectivity index (χ0) is 56.7. The maximum absolute atomic E-state index is 15.1. The number of nitrogens with zero attached hydrogens (tertiary/aromatic N) is 4. The molecule has 17 nitrogen and oxygen atoms in total. The third-order valence-corrected chi connectivity index (χ3v) is 14.2. The Labute approximate surface area is 448 Å². The van der Waals surface area contributed by atoms with Crippen molar-refractivity contribution in [2.45, 2.75) is 159 Å². The van der Waals surface area contributed by atoms with Crippen molar-refractivity contribution in [2.75, 3.05) is 121 Å². The summed E-state index contributed by atoms with van der Waals surface area (Å²) < 4.78 is 11.0. The third kappa shape index (κ3) is 30.2. The highest BCUT2D eigenvalue weighted by Crippen LogP contribution is 2.40. The van der Waals surface area contributed by atoms with Crippen molar-refractivity contribution in [1.82, 2.24) is 35.6 Å². The summed E-state index contributed by atoms with van der Waals surface area (Å²) in [5.74, 6) is -6.13. The molecule has 0 saturated heterocycles. The molecule has 0 heterocycles. The van der Waals surface area contributed by atoms with Gasteiger partial charge in [-0.3, -0.25) is 38.4 Å². The fraction of sp³-hybridized carbons (Fsp3) is 0.860. The molecule has 0 aliphatic heterocycles. The maximum Gasteiger partial charge on any atom is 0.309 e. The van der Waals surface area contributed by atoms with Crippen molar-refractivity contribution in [3.05, 3.63) is 0 Å². The van der Waals surface area contributed by atoms with E-state index in [2.05, 4.69) is 42.5 Å². The molecule has 4 unspecified atom stereocenters. The molecular weight excluding hydrogens is 943 g/mol. The van der Waals surface area contributed by atoms with E-state index < -0.39 is 57.8 Å². The number of Topliss-reactive ketones (excluding diaryl/α,β-unsaturated/α-hetero) is 4. The molecule has 430 valence electrons.